The van der Waals surface area contributed by atoms with Crippen molar-refractivity contribution in [2.45, 2.75) is 50.1 Å². The summed E-state index contributed by atoms with van der Waals surface area (Å²) in [5.74, 6) is 0.225. The van der Waals surface area contributed by atoms with Crippen LogP contribution in [0.1, 0.15) is 47.6 Å². The zero-order chi connectivity index (χ0) is 39.0. The van der Waals surface area contributed by atoms with Crippen molar-refractivity contribution in [1.82, 2.24) is 25.1 Å². The average molecular weight is 767 g/mol. The first-order valence-electron chi connectivity index (χ1n) is 18.7. The standard InChI is InChI=1S/C40H49F3N6O6/c1-47(18-15-44-25-34(51)31-5-7-33(50)38-32(31)6-8-36(52)46-38)37(53)11-21-54-20-10-28-3-2-4-29(23-28)26-48-16-12-39(13-17-48)27-49(19-22-55-39)35-24-30(9-14-45-35)40(41,42)43/h2-9,14,23-24,34,44,50-51H,10-13,15-22,25-27H2,1H3,(H,46,52)/t34-/m0/s1. The highest BCUT2D eigenvalue weighted by Crippen LogP contribution is 2.35. The van der Waals surface area contributed by atoms with Crippen molar-refractivity contribution in [2.24, 2.45) is 0 Å². The Bertz CT molecular complexity index is 1970. The highest BCUT2D eigenvalue weighted by Gasteiger charge is 2.40. The number of morpholine rings is 1. The van der Waals surface area contributed by atoms with Crippen molar-refractivity contribution in [3.63, 3.8) is 0 Å². The molecule has 2 aromatic heterocycles. The molecule has 1 amide bonds. The molecule has 296 valence electrons. The number of pyridine rings is 2. The minimum absolute atomic E-state index is 0.0419. The molecule has 15 heteroatoms. The zero-order valence-electron chi connectivity index (χ0n) is 31.0. The van der Waals surface area contributed by atoms with E-state index in [0.29, 0.717) is 69.2 Å². The van der Waals surface area contributed by atoms with Gasteiger partial charge in [-0.3, -0.25) is 14.5 Å². The smallest absolute Gasteiger partial charge is 0.416 e. The number of likely N-dealkylation sites (tertiary alicyclic amines) is 1. The van der Waals surface area contributed by atoms with Crippen molar-refractivity contribution in [1.29, 1.82) is 0 Å². The Morgan fingerprint density at radius 3 is 2.69 bits per heavy atom. The number of carbonyl (C=O) groups is 1. The fourth-order valence-electron chi connectivity index (χ4n) is 7.28. The summed E-state index contributed by atoms with van der Waals surface area (Å²) >= 11 is 0. The van der Waals surface area contributed by atoms with Gasteiger partial charge in [0.25, 0.3) is 0 Å². The molecule has 0 unspecified atom stereocenters. The van der Waals surface area contributed by atoms with Crippen molar-refractivity contribution in [2.75, 3.05) is 77.6 Å². The number of hydrogen-bond acceptors (Lipinski definition) is 10. The summed E-state index contributed by atoms with van der Waals surface area (Å²) in [6, 6.07) is 16.5. The quantitative estimate of drug-likeness (QED) is 0.130. The number of amides is 1. The van der Waals surface area contributed by atoms with Crippen LogP contribution in [0.2, 0.25) is 0 Å². The van der Waals surface area contributed by atoms with Gasteiger partial charge in [0.15, 0.2) is 0 Å². The molecule has 2 aliphatic rings. The summed E-state index contributed by atoms with van der Waals surface area (Å²) in [5, 5.41) is 24.5. The lowest BCUT2D eigenvalue weighted by Crippen LogP contribution is -2.57. The monoisotopic (exact) mass is 766 g/mol. The molecule has 2 aliphatic heterocycles. The van der Waals surface area contributed by atoms with E-state index in [0.717, 1.165) is 50.2 Å². The molecule has 4 aromatic rings. The molecule has 4 N–H and O–H groups in total. The third kappa shape index (κ3) is 10.6. The van der Waals surface area contributed by atoms with Gasteiger partial charge in [-0.1, -0.05) is 30.3 Å². The first-order chi connectivity index (χ1) is 26.4. The van der Waals surface area contributed by atoms with E-state index in [4.69, 9.17) is 9.47 Å². The number of fused-ring (bicyclic) bond motifs is 1. The van der Waals surface area contributed by atoms with Gasteiger partial charge in [0.05, 0.1) is 49.0 Å². The number of alkyl halides is 3. The SMILES string of the molecule is CN(CCNC[C@H](O)c1ccc(O)c2[nH]c(=O)ccc12)C(=O)CCOCCc1cccc(CN2CCC3(CC2)CN(c2cc(C(F)(F)F)ccn2)CCO3)c1. The number of halogens is 3. The normalized spacial score (nSPS) is 16.8. The first-order valence-corrected chi connectivity index (χ1v) is 18.7. The molecule has 0 bridgehead atoms. The van der Waals surface area contributed by atoms with Crippen molar-refractivity contribution < 1.29 is 37.7 Å². The number of likely N-dealkylation sites (N-methyl/N-ethyl adjacent to an activating group) is 1. The summed E-state index contributed by atoms with van der Waals surface area (Å²) in [5.41, 5.74) is 1.75. The van der Waals surface area contributed by atoms with E-state index in [9.17, 15) is 33.0 Å². The van der Waals surface area contributed by atoms with Crippen LogP contribution in [0, 0.1) is 0 Å². The lowest BCUT2D eigenvalue weighted by atomic mass is 9.89. The maximum absolute atomic E-state index is 13.3. The van der Waals surface area contributed by atoms with E-state index >= 15 is 0 Å². The minimum Gasteiger partial charge on any atom is -0.506 e. The molecule has 2 fully saturated rings. The Morgan fingerprint density at radius 2 is 1.89 bits per heavy atom. The number of aromatic hydroxyl groups is 1. The number of phenols is 1. The number of aliphatic hydroxyl groups excluding tert-OH is 1. The van der Waals surface area contributed by atoms with Crippen LogP contribution >= 0.6 is 0 Å². The van der Waals surface area contributed by atoms with Gasteiger partial charge in [0.1, 0.15) is 11.6 Å². The van der Waals surface area contributed by atoms with Crippen LogP contribution < -0.4 is 15.8 Å². The molecule has 4 heterocycles. The zero-order valence-corrected chi connectivity index (χ0v) is 31.0. The topological polar surface area (TPSA) is 143 Å². The highest BCUT2D eigenvalue weighted by atomic mass is 19.4. The van der Waals surface area contributed by atoms with Crippen LogP contribution in [0.25, 0.3) is 10.9 Å². The fourth-order valence-corrected chi connectivity index (χ4v) is 7.28. The minimum atomic E-state index is -4.41. The number of aliphatic hydroxyl groups is 1. The predicted molar refractivity (Wildman–Crippen MR) is 202 cm³/mol. The molecule has 2 aromatic carbocycles. The van der Waals surface area contributed by atoms with E-state index in [1.54, 1.807) is 24.1 Å². The summed E-state index contributed by atoms with van der Waals surface area (Å²) in [6.45, 7) is 5.83. The van der Waals surface area contributed by atoms with Gasteiger partial charge in [0.2, 0.25) is 11.5 Å². The molecular weight excluding hydrogens is 717 g/mol. The van der Waals surface area contributed by atoms with Gasteiger partial charge in [-0.15, -0.1) is 0 Å². The Morgan fingerprint density at radius 1 is 1.09 bits per heavy atom. The molecule has 2 saturated heterocycles. The lowest BCUT2D eigenvalue weighted by molar-refractivity contribution is -0.137. The van der Waals surface area contributed by atoms with Crippen molar-refractivity contribution in [3.8, 4) is 5.75 Å². The molecule has 1 atom stereocenters. The number of rotatable bonds is 15. The lowest BCUT2D eigenvalue weighted by Gasteiger charge is -2.47. The third-order valence-electron chi connectivity index (χ3n) is 10.5. The molecule has 12 nitrogen and oxygen atoms in total. The number of nitrogens with one attached hydrogen (secondary N) is 2. The molecule has 55 heavy (non-hydrogen) atoms. The van der Waals surface area contributed by atoms with E-state index < -0.39 is 23.4 Å². The van der Waals surface area contributed by atoms with Gasteiger partial charge >= 0.3 is 6.18 Å². The number of aromatic nitrogens is 2. The van der Waals surface area contributed by atoms with Gasteiger partial charge in [0, 0.05) is 77.1 Å². The molecular formula is C40H49F3N6O6. The second-order valence-corrected chi connectivity index (χ2v) is 14.4. The van der Waals surface area contributed by atoms with Gasteiger partial charge in [-0.2, -0.15) is 13.2 Å². The fraction of sp³-hybridized carbons (Fsp3) is 0.475. The Hall–Kier alpha value is -4.54. The van der Waals surface area contributed by atoms with Crippen LogP contribution in [0.3, 0.4) is 0 Å². The number of hydrogen-bond donors (Lipinski definition) is 4. The molecule has 0 radical (unpaired) electrons. The predicted octanol–water partition coefficient (Wildman–Crippen LogP) is 4.25. The van der Waals surface area contributed by atoms with Crippen molar-refractivity contribution in [3.05, 3.63) is 99.5 Å². The third-order valence-corrected chi connectivity index (χ3v) is 10.5. The van der Waals surface area contributed by atoms with Crippen LogP contribution in [0.5, 0.6) is 5.75 Å². The number of aromatic amines is 1. The van der Waals surface area contributed by atoms with Crippen LogP contribution in [-0.4, -0.2) is 114 Å². The highest BCUT2D eigenvalue weighted by molar-refractivity contribution is 5.87. The van der Waals surface area contributed by atoms with Crippen molar-refractivity contribution >= 4 is 22.6 Å². The molecule has 6 rings (SSSR count). The molecule has 0 aliphatic carbocycles. The number of carbonyl (C=O) groups excluding carboxylic acids is 1. The Kier molecular flexibility index (Phi) is 13.1. The number of piperidine rings is 1. The summed E-state index contributed by atoms with van der Waals surface area (Å²) in [6.07, 6.45) is -1.53. The molecule has 0 saturated carbocycles. The van der Waals surface area contributed by atoms with E-state index in [1.807, 2.05) is 11.0 Å². The first kappa shape index (κ1) is 40.1. The second-order valence-electron chi connectivity index (χ2n) is 14.4. The average Bonchev–Trinajstić information content (AvgIpc) is 3.17. The van der Waals surface area contributed by atoms with Gasteiger partial charge < -0.3 is 39.8 Å². The summed E-state index contributed by atoms with van der Waals surface area (Å²) < 4.78 is 51.9. The van der Waals surface area contributed by atoms with Gasteiger partial charge in [-0.25, -0.2) is 4.98 Å². The number of benzene rings is 2. The summed E-state index contributed by atoms with van der Waals surface area (Å²) in [7, 11) is 1.73. The Balaban J connectivity index is 0.861. The molecule has 1 spiro atoms. The van der Waals surface area contributed by atoms with E-state index in [-0.39, 0.29) is 35.7 Å². The maximum Gasteiger partial charge on any atom is 0.416 e. The maximum atomic E-state index is 13.3. The summed E-state index contributed by atoms with van der Waals surface area (Å²) in [4.78, 5) is 37.1. The number of anilines is 1. The number of H-pyrrole nitrogens is 1. The van der Waals surface area contributed by atoms with Gasteiger partial charge in [-0.05, 0) is 60.2 Å². The number of phenolic OH excluding ortho intramolecular Hbond substituents is 1. The number of nitrogens with zero attached hydrogens (tertiary/aromatic N) is 4. The Labute approximate surface area is 317 Å². The van der Waals surface area contributed by atoms with Crippen LogP contribution in [-0.2, 0) is 33.4 Å². The van der Waals surface area contributed by atoms with Crippen LogP contribution in [0.4, 0.5) is 19.0 Å². The number of ether oxygens (including phenoxy) is 2. The second kappa shape index (κ2) is 17.9. The largest absolute Gasteiger partial charge is 0.506 e. The van der Waals surface area contributed by atoms with E-state index in [2.05, 4.69) is 38.4 Å². The van der Waals surface area contributed by atoms with Crippen LogP contribution in [0.15, 0.2) is 71.7 Å². The van der Waals surface area contributed by atoms with E-state index in [1.165, 1.54) is 23.9 Å².